The van der Waals surface area contributed by atoms with E-state index in [-0.39, 0.29) is 5.91 Å². The number of amides is 1. The Bertz CT molecular complexity index is 780. The highest BCUT2D eigenvalue weighted by molar-refractivity contribution is 9.12. The van der Waals surface area contributed by atoms with Crippen molar-refractivity contribution in [1.82, 2.24) is 5.43 Å². The van der Waals surface area contributed by atoms with Crippen LogP contribution in [0.2, 0.25) is 0 Å². The topological polar surface area (TPSA) is 41.5 Å². The molecule has 0 saturated heterocycles. The minimum atomic E-state index is -0.140. The van der Waals surface area contributed by atoms with Crippen LogP contribution >= 0.6 is 27.3 Å². The molecule has 1 aliphatic rings. The van der Waals surface area contributed by atoms with E-state index < -0.39 is 0 Å². The van der Waals surface area contributed by atoms with Crippen LogP contribution in [0, 0.1) is 5.92 Å². The fourth-order valence-corrected chi connectivity index (χ4v) is 4.24. The van der Waals surface area contributed by atoms with E-state index >= 15 is 0 Å². The normalized spacial score (nSPS) is 17.8. The fraction of sp³-hybridized carbons (Fsp3) is 0.263. The summed E-state index contributed by atoms with van der Waals surface area (Å²) in [6, 6.07) is 12.0. The zero-order valence-electron chi connectivity index (χ0n) is 13.5. The molecule has 124 valence electrons. The van der Waals surface area contributed by atoms with Crippen LogP contribution in [0.3, 0.4) is 0 Å². The van der Waals surface area contributed by atoms with Gasteiger partial charge >= 0.3 is 0 Å². The highest BCUT2D eigenvalue weighted by atomic mass is 79.9. The number of halogens is 1. The van der Waals surface area contributed by atoms with Crippen molar-refractivity contribution in [2.24, 2.45) is 11.0 Å². The molecule has 0 bridgehead atoms. The molecule has 1 aromatic carbocycles. The molecule has 0 unspecified atom stereocenters. The van der Waals surface area contributed by atoms with Gasteiger partial charge in [-0.1, -0.05) is 37.3 Å². The number of allylic oxidation sites excluding steroid dienone is 1. The summed E-state index contributed by atoms with van der Waals surface area (Å²) in [6.07, 6.45) is 6.92. The fourth-order valence-electron chi connectivity index (χ4n) is 2.77. The number of benzene rings is 1. The zero-order valence-corrected chi connectivity index (χ0v) is 15.9. The van der Waals surface area contributed by atoms with Crippen LogP contribution in [0.1, 0.15) is 39.0 Å². The van der Waals surface area contributed by atoms with E-state index in [0.717, 1.165) is 27.8 Å². The second-order valence-corrected chi connectivity index (χ2v) is 8.10. The third-order valence-corrected chi connectivity index (χ3v) is 5.68. The van der Waals surface area contributed by atoms with E-state index in [9.17, 15) is 4.79 Å². The summed E-state index contributed by atoms with van der Waals surface area (Å²) in [6.45, 7) is 2.27. The summed E-state index contributed by atoms with van der Waals surface area (Å²) >= 11 is 5.03. The largest absolute Gasteiger partial charge is 0.281 e. The third-order valence-electron chi connectivity index (χ3n) is 4.01. The standard InChI is InChI=1S/C19H19BrN2OS/c1-13-7-8-17-15(9-13)11-18(24-17)19(23)22-21-12-16(20)10-14-5-3-2-4-6-14/h2-6,10-13H,7-9H2,1H3,(H,22,23)/b16-10-,21-12-/t13-/m0/s1. The highest BCUT2D eigenvalue weighted by Gasteiger charge is 2.20. The van der Waals surface area contributed by atoms with Crippen LogP contribution in [-0.4, -0.2) is 12.1 Å². The average Bonchev–Trinajstić information content (AvgIpc) is 2.99. The lowest BCUT2D eigenvalue weighted by molar-refractivity contribution is 0.0959. The number of nitrogens with one attached hydrogen (secondary N) is 1. The van der Waals surface area contributed by atoms with Gasteiger partial charge in [-0.3, -0.25) is 4.79 Å². The molecular weight excluding hydrogens is 384 g/mol. The summed E-state index contributed by atoms with van der Waals surface area (Å²) in [5.41, 5.74) is 5.01. The maximum Gasteiger partial charge on any atom is 0.281 e. The highest BCUT2D eigenvalue weighted by Crippen LogP contribution is 2.32. The molecule has 1 heterocycles. The quantitative estimate of drug-likeness (QED) is 0.565. The van der Waals surface area contributed by atoms with Crippen molar-refractivity contribution in [2.45, 2.75) is 26.2 Å². The Morgan fingerprint density at radius 1 is 1.38 bits per heavy atom. The van der Waals surface area contributed by atoms with Gasteiger partial charge in [0, 0.05) is 9.36 Å². The van der Waals surface area contributed by atoms with Gasteiger partial charge in [-0.2, -0.15) is 5.10 Å². The zero-order chi connectivity index (χ0) is 16.9. The van der Waals surface area contributed by atoms with Crippen molar-refractivity contribution >= 4 is 45.5 Å². The SMILES string of the molecule is C[C@H]1CCc2sc(C(=O)N/N=C\C(Br)=C\c3ccccc3)cc2C1. The second-order valence-electron chi connectivity index (χ2n) is 6.05. The second kappa shape index (κ2) is 7.90. The molecule has 0 saturated carbocycles. The number of carbonyl (C=O) groups excluding carboxylic acids is 1. The van der Waals surface area contributed by atoms with Crippen LogP contribution in [0.5, 0.6) is 0 Å². The molecular formula is C19H19BrN2OS. The van der Waals surface area contributed by atoms with E-state index in [2.05, 4.69) is 33.4 Å². The molecule has 0 fully saturated rings. The molecule has 2 aromatic rings. The first-order valence-corrected chi connectivity index (χ1v) is 9.60. The van der Waals surface area contributed by atoms with Gasteiger partial charge in [0.2, 0.25) is 0 Å². The van der Waals surface area contributed by atoms with E-state index in [1.165, 1.54) is 16.9 Å². The molecule has 3 nitrogen and oxygen atoms in total. The van der Waals surface area contributed by atoms with Gasteiger partial charge in [-0.15, -0.1) is 11.3 Å². The summed E-state index contributed by atoms with van der Waals surface area (Å²) < 4.78 is 0.799. The molecule has 1 aromatic heterocycles. The summed E-state index contributed by atoms with van der Waals surface area (Å²) in [7, 11) is 0. The molecule has 1 amide bonds. The van der Waals surface area contributed by atoms with Gasteiger partial charge in [-0.25, -0.2) is 5.43 Å². The van der Waals surface area contributed by atoms with Crippen molar-refractivity contribution in [3.8, 4) is 0 Å². The number of carbonyl (C=O) groups is 1. The summed E-state index contributed by atoms with van der Waals surface area (Å²) in [5.74, 6) is 0.568. The van der Waals surface area contributed by atoms with Crippen LogP contribution in [0.4, 0.5) is 0 Å². The van der Waals surface area contributed by atoms with Gasteiger partial charge in [0.15, 0.2) is 0 Å². The Labute approximate surface area is 154 Å². The monoisotopic (exact) mass is 402 g/mol. The first-order chi connectivity index (χ1) is 11.6. The molecule has 5 heteroatoms. The Balaban J connectivity index is 1.60. The van der Waals surface area contributed by atoms with Crippen LogP contribution in [0.15, 0.2) is 46.0 Å². The predicted molar refractivity (Wildman–Crippen MR) is 105 cm³/mol. The van der Waals surface area contributed by atoms with Gasteiger partial charge in [0.25, 0.3) is 5.91 Å². The van der Waals surface area contributed by atoms with Gasteiger partial charge < -0.3 is 0 Å². The number of thiophene rings is 1. The molecule has 0 aliphatic heterocycles. The molecule has 1 aliphatic carbocycles. The predicted octanol–water partition coefficient (Wildman–Crippen LogP) is 5.02. The van der Waals surface area contributed by atoms with Crippen molar-refractivity contribution in [1.29, 1.82) is 0 Å². The van der Waals surface area contributed by atoms with Crippen molar-refractivity contribution in [2.75, 3.05) is 0 Å². The molecule has 3 rings (SSSR count). The van der Waals surface area contributed by atoms with Gasteiger partial charge in [0.05, 0.1) is 11.1 Å². The Hall–Kier alpha value is -1.72. The van der Waals surface area contributed by atoms with Crippen molar-refractivity contribution in [3.05, 3.63) is 61.8 Å². The van der Waals surface area contributed by atoms with Crippen LogP contribution in [0.25, 0.3) is 6.08 Å². The number of hydrazone groups is 1. The first kappa shape index (κ1) is 17.1. The summed E-state index contributed by atoms with van der Waals surface area (Å²) in [4.78, 5) is 14.3. The Morgan fingerprint density at radius 3 is 2.96 bits per heavy atom. The first-order valence-electron chi connectivity index (χ1n) is 7.99. The number of hydrogen-bond donors (Lipinski definition) is 1. The number of rotatable bonds is 4. The number of nitrogens with zero attached hydrogens (tertiary/aromatic N) is 1. The smallest absolute Gasteiger partial charge is 0.266 e. The van der Waals surface area contributed by atoms with Crippen molar-refractivity contribution in [3.63, 3.8) is 0 Å². The maximum atomic E-state index is 12.2. The maximum absolute atomic E-state index is 12.2. The molecule has 1 N–H and O–H groups in total. The lowest BCUT2D eigenvalue weighted by Crippen LogP contribution is -2.16. The van der Waals surface area contributed by atoms with Crippen LogP contribution in [-0.2, 0) is 12.8 Å². The van der Waals surface area contributed by atoms with Gasteiger partial charge in [0.1, 0.15) is 0 Å². The van der Waals surface area contributed by atoms with E-state index in [4.69, 9.17) is 0 Å². The number of hydrogen-bond acceptors (Lipinski definition) is 3. The van der Waals surface area contributed by atoms with Gasteiger partial charge in [-0.05, 0) is 64.4 Å². The molecule has 0 radical (unpaired) electrons. The van der Waals surface area contributed by atoms with E-state index in [1.807, 2.05) is 42.5 Å². The molecule has 1 atom stereocenters. The molecule has 0 spiro atoms. The summed E-state index contributed by atoms with van der Waals surface area (Å²) in [5, 5.41) is 4.03. The third kappa shape index (κ3) is 4.42. The van der Waals surface area contributed by atoms with E-state index in [0.29, 0.717) is 5.92 Å². The number of aryl methyl sites for hydroxylation is 1. The lowest BCUT2D eigenvalue weighted by Gasteiger charge is -2.16. The number of fused-ring (bicyclic) bond motifs is 1. The van der Waals surface area contributed by atoms with E-state index in [1.54, 1.807) is 17.6 Å². The minimum Gasteiger partial charge on any atom is -0.266 e. The minimum absolute atomic E-state index is 0.140. The molecule has 24 heavy (non-hydrogen) atoms. The van der Waals surface area contributed by atoms with Crippen LogP contribution < -0.4 is 5.43 Å². The lowest BCUT2D eigenvalue weighted by atomic mass is 9.90. The Morgan fingerprint density at radius 2 is 2.17 bits per heavy atom. The average molecular weight is 403 g/mol. The van der Waals surface area contributed by atoms with Crippen molar-refractivity contribution < 1.29 is 4.79 Å². The Kier molecular flexibility index (Phi) is 5.63.